The molecular formula is C23H25N3. The zero-order valence-corrected chi connectivity index (χ0v) is 15.8. The fraction of sp³-hybridized carbons (Fsp3) is 0.391. The van der Waals surface area contributed by atoms with Crippen LogP contribution in [0.15, 0.2) is 36.4 Å². The van der Waals surface area contributed by atoms with Crippen LogP contribution in [0.1, 0.15) is 54.5 Å². The van der Waals surface area contributed by atoms with E-state index in [1.165, 1.54) is 60.2 Å². The topological polar surface area (TPSA) is 29.0 Å². The smallest absolute Gasteiger partial charge is 0.156 e. The van der Waals surface area contributed by atoms with Gasteiger partial charge in [0, 0.05) is 18.2 Å². The average molecular weight is 343 g/mol. The molecule has 0 bridgehead atoms. The van der Waals surface area contributed by atoms with Crippen LogP contribution in [0.4, 0.5) is 11.5 Å². The first-order chi connectivity index (χ1) is 12.6. The van der Waals surface area contributed by atoms with Crippen molar-refractivity contribution in [2.24, 2.45) is 0 Å². The normalized spacial score (nSPS) is 18.0. The van der Waals surface area contributed by atoms with E-state index in [0.29, 0.717) is 0 Å². The standard InChI is InChI=1S/C23H25N3/c1-15-13-18-19(14-16(15)2)25-22-21(24-18)23(11-7-4-8-12-23)17-9-5-6-10-20(17)26(22)3/h5-6,9-10,13-14H,4,7-8,11-12H2,1-3H3. The van der Waals surface area contributed by atoms with E-state index in [-0.39, 0.29) is 5.41 Å². The summed E-state index contributed by atoms with van der Waals surface area (Å²) in [5.74, 6) is 1.04. The summed E-state index contributed by atoms with van der Waals surface area (Å²) in [6, 6.07) is 13.2. The maximum absolute atomic E-state index is 5.24. The Morgan fingerprint density at radius 1 is 0.885 bits per heavy atom. The van der Waals surface area contributed by atoms with Crippen LogP contribution in [-0.4, -0.2) is 17.0 Å². The molecule has 26 heavy (non-hydrogen) atoms. The van der Waals surface area contributed by atoms with Gasteiger partial charge in [0.1, 0.15) is 0 Å². The SMILES string of the molecule is Cc1cc2nc3c(nc2cc1C)C1(CCCCC1)c1ccccc1N3C. The second-order valence-corrected chi connectivity index (χ2v) is 8.04. The molecule has 2 aliphatic rings. The Bertz CT molecular complexity index is 1020. The van der Waals surface area contributed by atoms with Gasteiger partial charge in [-0.3, -0.25) is 0 Å². The molecule has 3 heteroatoms. The van der Waals surface area contributed by atoms with E-state index in [2.05, 4.69) is 62.2 Å². The van der Waals surface area contributed by atoms with E-state index in [1.807, 2.05) is 0 Å². The second-order valence-electron chi connectivity index (χ2n) is 8.04. The average Bonchev–Trinajstić information content (AvgIpc) is 2.67. The largest absolute Gasteiger partial charge is 0.328 e. The van der Waals surface area contributed by atoms with E-state index < -0.39 is 0 Å². The number of anilines is 2. The fourth-order valence-corrected chi connectivity index (χ4v) is 4.93. The molecule has 1 aliphatic heterocycles. The van der Waals surface area contributed by atoms with Crippen molar-refractivity contribution in [2.75, 3.05) is 11.9 Å². The van der Waals surface area contributed by atoms with Crippen LogP contribution in [0.25, 0.3) is 11.0 Å². The van der Waals surface area contributed by atoms with Crippen molar-refractivity contribution in [3.05, 3.63) is 58.8 Å². The van der Waals surface area contributed by atoms with Gasteiger partial charge in [0.25, 0.3) is 0 Å². The lowest BCUT2D eigenvalue weighted by atomic mass is 9.65. The summed E-state index contributed by atoms with van der Waals surface area (Å²) in [5.41, 5.74) is 8.54. The molecule has 1 aromatic heterocycles. The van der Waals surface area contributed by atoms with Crippen molar-refractivity contribution >= 4 is 22.5 Å². The van der Waals surface area contributed by atoms with Crippen LogP contribution in [-0.2, 0) is 5.41 Å². The Hall–Kier alpha value is -2.42. The van der Waals surface area contributed by atoms with Gasteiger partial charge in [-0.15, -0.1) is 0 Å². The van der Waals surface area contributed by atoms with Gasteiger partial charge < -0.3 is 4.90 Å². The van der Waals surface area contributed by atoms with E-state index >= 15 is 0 Å². The van der Waals surface area contributed by atoms with Crippen LogP contribution >= 0.6 is 0 Å². The summed E-state index contributed by atoms with van der Waals surface area (Å²) < 4.78 is 0. The minimum absolute atomic E-state index is 0.0245. The number of aromatic nitrogens is 2. The van der Waals surface area contributed by atoms with Crippen LogP contribution in [0.5, 0.6) is 0 Å². The third-order valence-corrected chi connectivity index (χ3v) is 6.52. The Labute approximate surface area is 155 Å². The lowest BCUT2D eigenvalue weighted by Crippen LogP contribution is -2.39. The van der Waals surface area contributed by atoms with Gasteiger partial charge in [0.05, 0.1) is 16.7 Å². The fourth-order valence-electron chi connectivity index (χ4n) is 4.93. The highest BCUT2D eigenvalue weighted by Gasteiger charge is 2.45. The van der Waals surface area contributed by atoms with E-state index in [4.69, 9.17) is 9.97 Å². The lowest BCUT2D eigenvalue weighted by molar-refractivity contribution is 0.336. The quantitative estimate of drug-likeness (QED) is 0.534. The molecule has 1 spiro atoms. The maximum Gasteiger partial charge on any atom is 0.156 e. The maximum atomic E-state index is 5.24. The van der Waals surface area contributed by atoms with Crippen molar-refractivity contribution in [1.29, 1.82) is 0 Å². The van der Waals surface area contributed by atoms with E-state index in [9.17, 15) is 0 Å². The summed E-state index contributed by atoms with van der Waals surface area (Å²) in [6.45, 7) is 4.31. The Balaban J connectivity index is 1.85. The molecule has 1 fully saturated rings. The Morgan fingerprint density at radius 3 is 2.27 bits per heavy atom. The van der Waals surface area contributed by atoms with Crippen LogP contribution in [0.2, 0.25) is 0 Å². The van der Waals surface area contributed by atoms with E-state index in [1.54, 1.807) is 0 Å². The lowest BCUT2D eigenvalue weighted by Gasteiger charge is -2.45. The number of hydrogen-bond donors (Lipinski definition) is 0. The van der Waals surface area contributed by atoms with Crippen molar-refractivity contribution < 1.29 is 0 Å². The number of para-hydroxylation sites is 1. The van der Waals surface area contributed by atoms with Crippen molar-refractivity contribution in [1.82, 2.24) is 9.97 Å². The molecule has 2 heterocycles. The number of hydrogen-bond acceptors (Lipinski definition) is 3. The number of rotatable bonds is 0. The van der Waals surface area contributed by atoms with E-state index in [0.717, 1.165) is 16.9 Å². The number of fused-ring (bicyclic) bond motifs is 5. The van der Waals surface area contributed by atoms with Gasteiger partial charge in [-0.2, -0.15) is 0 Å². The van der Waals surface area contributed by atoms with Gasteiger partial charge >= 0.3 is 0 Å². The van der Waals surface area contributed by atoms with Gasteiger partial charge in [-0.05, 0) is 61.6 Å². The summed E-state index contributed by atoms with van der Waals surface area (Å²) in [5, 5.41) is 0. The summed E-state index contributed by atoms with van der Waals surface area (Å²) >= 11 is 0. The molecule has 0 atom stereocenters. The Kier molecular flexibility index (Phi) is 3.37. The Morgan fingerprint density at radius 2 is 1.54 bits per heavy atom. The molecule has 0 N–H and O–H groups in total. The first-order valence-electron chi connectivity index (χ1n) is 9.73. The van der Waals surface area contributed by atoms with Crippen molar-refractivity contribution in [3.63, 3.8) is 0 Å². The summed E-state index contributed by atoms with van der Waals surface area (Å²) in [6.07, 6.45) is 6.22. The van der Waals surface area contributed by atoms with Crippen LogP contribution in [0.3, 0.4) is 0 Å². The highest BCUT2D eigenvalue weighted by Crippen LogP contribution is 2.53. The van der Waals surface area contributed by atoms with Crippen molar-refractivity contribution in [3.8, 4) is 0 Å². The molecule has 1 saturated carbocycles. The highest BCUT2D eigenvalue weighted by atomic mass is 15.2. The number of benzene rings is 2. The molecule has 132 valence electrons. The third kappa shape index (κ3) is 2.06. The van der Waals surface area contributed by atoms with Crippen molar-refractivity contribution in [2.45, 2.75) is 51.4 Å². The van der Waals surface area contributed by atoms with Gasteiger partial charge in [0.2, 0.25) is 0 Å². The molecule has 0 saturated heterocycles. The second kappa shape index (κ2) is 5.54. The van der Waals surface area contributed by atoms with Gasteiger partial charge in [-0.1, -0.05) is 37.5 Å². The predicted molar refractivity (Wildman–Crippen MR) is 107 cm³/mol. The minimum atomic E-state index is 0.0245. The van der Waals surface area contributed by atoms with Crippen LogP contribution < -0.4 is 4.90 Å². The molecule has 0 amide bonds. The first-order valence-corrected chi connectivity index (χ1v) is 9.73. The highest BCUT2D eigenvalue weighted by molar-refractivity contribution is 5.83. The monoisotopic (exact) mass is 343 g/mol. The first kappa shape index (κ1) is 15.8. The molecule has 3 aromatic rings. The zero-order valence-electron chi connectivity index (χ0n) is 15.8. The van der Waals surface area contributed by atoms with Gasteiger partial charge in [-0.25, -0.2) is 9.97 Å². The summed E-state index contributed by atoms with van der Waals surface area (Å²) in [7, 11) is 2.13. The molecule has 3 nitrogen and oxygen atoms in total. The summed E-state index contributed by atoms with van der Waals surface area (Å²) in [4.78, 5) is 12.6. The number of aryl methyl sites for hydroxylation is 2. The molecule has 2 aromatic carbocycles. The molecule has 5 rings (SSSR count). The van der Waals surface area contributed by atoms with Crippen LogP contribution in [0, 0.1) is 13.8 Å². The van der Waals surface area contributed by atoms with Gasteiger partial charge in [0.15, 0.2) is 5.82 Å². The predicted octanol–water partition coefficient (Wildman–Crippen LogP) is 5.58. The molecule has 1 aliphatic carbocycles. The minimum Gasteiger partial charge on any atom is -0.328 e. The molecule has 0 unspecified atom stereocenters. The third-order valence-electron chi connectivity index (χ3n) is 6.52. The molecular weight excluding hydrogens is 318 g/mol. The number of nitrogens with zero attached hydrogens (tertiary/aromatic N) is 3. The zero-order chi connectivity index (χ0) is 17.9. The molecule has 0 radical (unpaired) electrons.